The molecule has 0 aliphatic heterocycles. The number of halogens is 2. The SMILES string of the molecule is C[C@@](O)(CNC(=O)c1ccccc1[N+](=O)[O-])c1ccc(F)cc1F. The Hall–Kier alpha value is -2.87. The van der Waals surface area contributed by atoms with Gasteiger partial charge in [0.05, 0.1) is 11.5 Å². The fraction of sp³-hybridized carbons (Fsp3) is 0.188. The van der Waals surface area contributed by atoms with E-state index in [4.69, 9.17) is 0 Å². The summed E-state index contributed by atoms with van der Waals surface area (Å²) in [7, 11) is 0. The minimum Gasteiger partial charge on any atom is -0.383 e. The second kappa shape index (κ2) is 6.71. The first-order valence-corrected chi connectivity index (χ1v) is 6.92. The number of nitro benzene ring substituents is 1. The molecule has 0 fully saturated rings. The van der Waals surface area contributed by atoms with Crippen LogP contribution in [0.2, 0.25) is 0 Å². The molecule has 0 aromatic heterocycles. The van der Waals surface area contributed by atoms with Gasteiger partial charge in [0.15, 0.2) is 0 Å². The summed E-state index contributed by atoms with van der Waals surface area (Å²) in [4.78, 5) is 22.3. The predicted molar refractivity (Wildman–Crippen MR) is 81.4 cm³/mol. The van der Waals surface area contributed by atoms with Gasteiger partial charge in [0, 0.05) is 17.7 Å². The summed E-state index contributed by atoms with van der Waals surface area (Å²) >= 11 is 0. The molecule has 2 aromatic carbocycles. The van der Waals surface area contributed by atoms with Crippen LogP contribution in [0.15, 0.2) is 42.5 Å². The number of hydrogen-bond donors (Lipinski definition) is 2. The van der Waals surface area contributed by atoms with Gasteiger partial charge in [0.1, 0.15) is 22.8 Å². The molecule has 0 heterocycles. The van der Waals surface area contributed by atoms with Gasteiger partial charge in [-0.2, -0.15) is 0 Å². The number of hydrogen-bond acceptors (Lipinski definition) is 4. The van der Waals surface area contributed by atoms with Crippen LogP contribution in [0.25, 0.3) is 0 Å². The molecular weight excluding hydrogens is 322 g/mol. The number of aliphatic hydroxyl groups is 1. The lowest BCUT2D eigenvalue weighted by Gasteiger charge is -2.24. The quantitative estimate of drug-likeness (QED) is 0.648. The highest BCUT2D eigenvalue weighted by molar-refractivity contribution is 5.98. The largest absolute Gasteiger partial charge is 0.383 e. The molecule has 0 aliphatic carbocycles. The first kappa shape index (κ1) is 17.5. The number of para-hydroxylation sites is 1. The Labute approximate surface area is 135 Å². The number of benzene rings is 2. The van der Waals surface area contributed by atoms with E-state index in [0.29, 0.717) is 6.07 Å². The summed E-state index contributed by atoms with van der Waals surface area (Å²) in [6.07, 6.45) is 0. The van der Waals surface area contributed by atoms with Crippen LogP contribution in [-0.2, 0) is 5.60 Å². The van der Waals surface area contributed by atoms with Crippen LogP contribution in [0.4, 0.5) is 14.5 Å². The van der Waals surface area contributed by atoms with Crippen LogP contribution in [-0.4, -0.2) is 22.5 Å². The lowest BCUT2D eigenvalue weighted by atomic mass is 9.95. The maximum atomic E-state index is 13.8. The molecule has 2 aromatic rings. The molecule has 1 amide bonds. The third kappa shape index (κ3) is 3.72. The van der Waals surface area contributed by atoms with Crippen LogP contribution in [0.5, 0.6) is 0 Å². The molecule has 126 valence electrons. The molecule has 0 saturated heterocycles. The number of carbonyl (C=O) groups excluding carboxylic acids is 1. The Morgan fingerprint density at radius 1 is 1.29 bits per heavy atom. The van der Waals surface area contributed by atoms with Gasteiger partial charge in [0.2, 0.25) is 0 Å². The van der Waals surface area contributed by atoms with Gasteiger partial charge in [-0.05, 0) is 19.1 Å². The topological polar surface area (TPSA) is 92.5 Å². The van der Waals surface area contributed by atoms with Gasteiger partial charge < -0.3 is 10.4 Å². The number of carbonyl (C=O) groups is 1. The van der Waals surface area contributed by atoms with Crippen LogP contribution in [0, 0.1) is 21.7 Å². The second-order valence-corrected chi connectivity index (χ2v) is 5.35. The van der Waals surface area contributed by atoms with Crippen molar-refractivity contribution in [2.24, 2.45) is 0 Å². The van der Waals surface area contributed by atoms with Crippen LogP contribution >= 0.6 is 0 Å². The van der Waals surface area contributed by atoms with Crippen molar-refractivity contribution in [3.63, 3.8) is 0 Å². The number of nitrogens with zero attached hydrogens (tertiary/aromatic N) is 1. The van der Waals surface area contributed by atoms with Crippen molar-refractivity contribution in [3.8, 4) is 0 Å². The third-order valence-corrected chi connectivity index (χ3v) is 3.45. The van der Waals surface area contributed by atoms with Crippen LogP contribution in [0.1, 0.15) is 22.8 Å². The fourth-order valence-electron chi connectivity index (χ4n) is 2.19. The van der Waals surface area contributed by atoms with E-state index >= 15 is 0 Å². The second-order valence-electron chi connectivity index (χ2n) is 5.35. The average Bonchev–Trinajstić information content (AvgIpc) is 2.52. The molecule has 2 rings (SSSR count). The summed E-state index contributed by atoms with van der Waals surface area (Å²) in [6.45, 7) is 0.823. The number of rotatable bonds is 5. The Morgan fingerprint density at radius 3 is 2.58 bits per heavy atom. The Bertz CT molecular complexity index is 793. The summed E-state index contributed by atoms with van der Waals surface area (Å²) in [5.41, 5.74) is -2.59. The zero-order valence-electron chi connectivity index (χ0n) is 12.6. The Balaban J connectivity index is 2.17. The van der Waals surface area contributed by atoms with Crippen molar-refractivity contribution < 1.29 is 23.6 Å². The van der Waals surface area contributed by atoms with Gasteiger partial charge in [-0.1, -0.05) is 18.2 Å². The van der Waals surface area contributed by atoms with Gasteiger partial charge >= 0.3 is 0 Å². The normalized spacial score (nSPS) is 13.2. The summed E-state index contributed by atoms with van der Waals surface area (Å²) < 4.78 is 26.7. The van der Waals surface area contributed by atoms with Crippen molar-refractivity contribution in [3.05, 3.63) is 75.3 Å². The number of nitro groups is 1. The van der Waals surface area contributed by atoms with E-state index < -0.39 is 34.6 Å². The average molecular weight is 336 g/mol. The van der Waals surface area contributed by atoms with Crippen molar-refractivity contribution in [2.75, 3.05) is 6.54 Å². The summed E-state index contributed by atoms with van der Waals surface area (Å²) in [5.74, 6) is -2.54. The van der Waals surface area contributed by atoms with E-state index in [1.165, 1.54) is 31.2 Å². The molecule has 0 radical (unpaired) electrons. The smallest absolute Gasteiger partial charge is 0.282 e. The molecule has 0 bridgehead atoms. The molecule has 1 atom stereocenters. The van der Waals surface area contributed by atoms with Gasteiger partial charge in [-0.15, -0.1) is 0 Å². The third-order valence-electron chi connectivity index (χ3n) is 3.45. The maximum Gasteiger partial charge on any atom is 0.282 e. The van der Waals surface area contributed by atoms with Crippen molar-refractivity contribution >= 4 is 11.6 Å². The number of amides is 1. The molecule has 8 heteroatoms. The molecule has 0 aliphatic rings. The molecule has 2 N–H and O–H groups in total. The standard InChI is InChI=1S/C16H14F2N2O4/c1-16(22,12-7-6-10(17)8-13(12)18)9-19-15(21)11-4-2-3-5-14(11)20(23)24/h2-8,22H,9H2,1H3,(H,19,21)/t16-/m1/s1. The predicted octanol–water partition coefficient (Wildman–Crippen LogP) is 2.51. The fourth-order valence-corrected chi connectivity index (χ4v) is 2.19. The van der Waals surface area contributed by atoms with Crippen molar-refractivity contribution in [1.82, 2.24) is 5.32 Å². The molecular formula is C16H14F2N2O4. The van der Waals surface area contributed by atoms with E-state index in [0.717, 1.165) is 12.1 Å². The molecule has 0 saturated carbocycles. The van der Waals surface area contributed by atoms with E-state index in [1.54, 1.807) is 0 Å². The van der Waals surface area contributed by atoms with E-state index in [-0.39, 0.29) is 16.8 Å². The van der Waals surface area contributed by atoms with Crippen LogP contribution in [0.3, 0.4) is 0 Å². The van der Waals surface area contributed by atoms with Gasteiger partial charge in [-0.3, -0.25) is 14.9 Å². The number of nitrogens with one attached hydrogen (secondary N) is 1. The lowest BCUT2D eigenvalue weighted by molar-refractivity contribution is -0.385. The van der Waals surface area contributed by atoms with Gasteiger partial charge in [-0.25, -0.2) is 8.78 Å². The molecule has 24 heavy (non-hydrogen) atoms. The van der Waals surface area contributed by atoms with E-state index in [1.807, 2.05) is 0 Å². The highest BCUT2D eigenvalue weighted by Crippen LogP contribution is 2.24. The van der Waals surface area contributed by atoms with Crippen molar-refractivity contribution in [1.29, 1.82) is 0 Å². The van der Waals surface area contributed by atoms with Crippen molar-refractivity contribution in [2.45, 2.75) is 12.5 Å². The molecule has 0 unspecified atom stereocenters. The zero-order chi connectivity index (χ0) is 17.9. The summed E-state index contributed by atoms with van der Waals surface area (Å²) in [5, 5.41) is 23.6. The van der Waals surface area contributed by atoms with Gasteiger partial charge in [0.25, 0.3) is 11.6 Å². The minimum atomic E-state index is -1.82. The van der Waals surface area contributed by atoms with E-state index in [2.05, 4.69) is 5.32 Å². The first-order valence-electron chi connectivity index (χ1n) is 6.92. The highest BCUT2D eigenvalue weighted by Gasteiger charge is 2.28. The Kier molecular flexibility index (Phi) is 4.89. The van der Waals surface area contributed by atoms with Crippen LogP contribution < -0.4 is 5.32 Å². The van der Waals surface area contributed by atoms with E-state index in [9.17, 15) is 28.8 Å². The maximum absolute atomic E-state index is 13.8. The highest BCUT2D eigenvalue weighted by atomic mass is 19.1. The molecule has 6 nitrogen and oxygen atoms in total. The summed E-state index contributed by atoms with van der Waals surface area (Å²) in [6, 6.07) is 7.98. The minimum absolute atomic E-state index is 0.183. The molecule has 0 spiro atoms. The lowest BCUT2D eigenvalue weighted by Crippen LogP contribution is -2.39. The Morgan fingerprint density at radius 2 is 1.96 bits per heavy atom. The zero-order valence-corrected chi connectivity index (χ0v) is 12.6. The first-order chi connectivity index (χ1) is 11.2. The monoisotopic (exact) mass is 336 g/mol.